The molecule has 4 aliphatic rings. The molecule has 0 saturated heterocycles. The van der Waals surface area contributed by atoms with Gasteiger partial charge in [0.25, 0.3) is 0 Å². The van der Waals surface area contributed by atoms with E-state index in [1.165, 1.54) is 56.9 Å². The molecule has 0 amide bonds. The number of hydrogen-bond acceptors (Lipinski definition) is 1. The molecule has 3 fully saturated rings. The average molecular weight is 413 g/mol. The van der Waals surface area contributed by atoms with E-state index in [2.05, 4.69) is 54.2 Å². The fourth-order valence-electron chi connectivity index (χ4n) is 8.79. The standard InChI is InChI=1S/C29H48O/c1-19(2)20(3)8-9-21(4)24-13-16-29(7)26-11-10-22-18-23(30)12-15-27(22,5)25(26)14-17-28(24,29)6/h14,20-24,26,30H,1,8-13,15-18H2,2-7H3. The van der Waals surface area contributed by atoms with Crippen molar-refractivity contribution in [3.05, 3.63) is 23.8 Å². The van der Waals surface area contributed by atoms with Gasteiger partial charge in [-0.2, -0.15) is 0 Å². The monoisotopic (exact) mass is 412 g/mol. The van der Waals surface area contributed by atoms with Crippen molar-refractivity contribution in [3.63, 3.8) is 0 Å². The first kappa shape index (κ1) is 22.6. The Balaban J connectivity index is 1.57. The summed E-state index contributed by atoms with van der Waals surface area (Å²) in [7, 11) is 0. The van der Waals surface area contributed by atoms with Gasteiger partial charge in [-0.1, -0.05) is 58.4 Å². The molecule has 3 saturated carbocycles. The van der Waals surface area contributed by atoms with E-state index in [0.29, 0.717) is 28.1 Å². The Morgan fingerprint density at radius 2 is 1.80 bits per heavy atom. The Hall–Kier alpha value is -0.560. The average Bonchev–Trinajstić information content (AvgIpc) is 2.97. The molecule has 0 aliphatic heterocycles. The van der Waals surface area contributed by atoms with Crippen molar-refractivity contribution in [2.75, 3.05) is 0 Å². The maximum atomic E-state index is 10.3. The quantitative estimate of drug-likeness (QED) is 0.454. The van der Waals surface area contributed by atoms with Crippen molar-refractivity contribution in [2.24, 2.45) is 45.8 Å². The molecule has 0 aromatic carbocycles. The highest BCUT2D eigenvalue weighted by atomic mass is 16.3. The third-order valence-corrected chi connectivity index (χ3v) is 11.5. The number of aliphatic hydroxyl groups is 1. The van der Waals surface area contributed by atoms with E-state index in [0.717, 1.165) is 30.6 Å². The largest absolute Gasteiger partial charge is 0.393 e. The first-order valence-electron chi connectivity index (χ1n) is 13.1. The van der Waals surface area contributed by atoms with Gasteiger partial charge in [0, 0.05) is 0 Å². The van der Waals surface area contributed by atoms with Crippen molar-refractivity contribution in [1.82, 2.24) is 0 Å². The third kappa shape index (κ3) is 3.28. The van der Waals surface area contributed by atoms with Crippen molar-refractivity contribution in [2.45, 2.75) is 112 Å². The van der Waals surface area contributed by atoms with Crippen LogP contribution in [-0.2, 0) is 0 Å². The van der Waals surface area contributed by atoms with Gasteiger partial charge in [0.15, 0.2) is 0 Å². The summed E-state index contributed by atoms with van der Waals surface area (Å²) in [6.45, 7) is 19.2. The van der Waals surface area contributed by atoms with E-state index in [4.69, 9.17) is 0 Å². The van der Waals surface area contributed by atoms with Crippen LogP contribution in [0.5, 0.6) is 0 Å². The summed E-state index contributed by atoms with van der Waals surface area (Å²) in [6, 6.07) is 0. The number of hydrogen-bond donors (Lipinski definition) is 1. The summed E-state index contributed by atoms with van der Waals surface area (Å²) in [5.74, 6) is 3.81. The molecule has 9 unspecified atom stereocenters. The smallest absolute Gasteiger partial charge is 0.0543 e. The van der Waals surface area contributed by atoms with E-state index in [1.54, 1.807) is 0 Å². The van der Waals surface area contributed by atoms with E-state index < -0.39 is 0 Å². The van der Waals surface area contributed by atoms with Gasteiger partial charge in [-0.25, -0.2) is 0 Å². The molecule has 1 heteroatoms. The van der Waals surface area contributed by atoms with Crippen LogP contribution < -0.4 is 0 Å². The molecule has 9 atom stereocenters. The van der Waals surface area contributed by atoms with Crippen molar-refractivity contribution in [1.29, 1.82) is 0 Å². The zero-order valence-electron chi connectivity index (χ0n) is 20.8. The van der Waals surface area contributed by atoms with Crippen molar-refractivity contribution >= 4 is 0 Å². The minimum atomic E-state index is -0.0528. The fourth-order valence-corrected chi connectivity index (χ4v) is 8.79. The summed E-state index contributed by atoms with van der Waals surface area (Å²) in [5, 5.41) is 10.3. The van der Waals surface area contributed by atoms with E-state index in [9.17, 15) is 5.11 Å². The summed E-state index contributed by atoms with van der Waals surface area (Å²) in [6.07, 6.45) is 15.4. The molecule has 0 bridgehead atoms. The third-order valence-electron chi connectivity index (χ3n) is 11.5. The number of fused-ring (bicyclic) bond motifs is 5. The molecular formula is C29H48O. The first-order valence-corrected chi connectivity index (χ1v) is 13.1. The van der Waals surface area contributed by atoms with Crippen LogP contribution in [0.2, 0.25) is 0 Å². The normalized spacial score (nSPS) is 47.5. The Morgan fingerprint density at radius 1 is 1.07 bits per heavy atom. The molecule has 0 aromatic heterocycles. The Morgan fingerprint density at radius 3 is 2.50 bits per heavy atom. The molecule has 1 N–H and O–H groups in total. The lowest BCUT2D eigenvalue weighted by molar-refractivity contribution is -0.0561. The molecular weight excluding hydrogens is 364 g/mol. The van der Waals surface area contributed by atoms with E-state index in [1.807, 2.05) is 5.57 Å². The van der Waals surface area contributed by atoms with Crippen molar-refractivity contribution in [3.8, 4) is 0 Å². The minimum absolute atomic E-state index is 0.0528. The van der Waals surface area contributed by atoms with Crippen LogP contribution in [0.15, 0.2) is 23.8 Å². The lowest BCUT2D eigenvalue weighted by atomic mass is 9.44. The topological polar surface area (TPSA) is 20.2 Å². The molecule has 0 spiro atoms. The zero-order chi connectivity index (χ0) is 21.9. The number of rotatable bonds is 5. The second kappa shape index (κ2) is 7.79. The van der Waals surface area contributed by atoms with Gasteiger partial charge >= 0.3 is 0 Å². The SMILES string of the molecule is C=C(C)C(C)CCC(C)C1CCC2(C)C3CCC4CC(O)CCC4(C)C3=CCC12C. The minimum Gasteiger partial charge on any atom is -0.393 e. The van der Waals surface area contributed by atoms with Gasteiger partial charge in [-0.15, -0.1) is 0 Å². The van der Waals surface area contributed by atoms with Crippen molar-refractivity contribution < 1.29 is 5.11 Å². The number of aliphatic hydroxyl groups excluding tert-OH is 1. The molecule has 4 aliphatic carbocycles. The zero-order valence-corrected chi connectivity index (χ0v) is 20.8. The lowest BCUT2D eigenvalue weighted by Crippen LogP contribution is -2.53. The summed E-state index contributed by atoms with van der Waals surface area (Å²) in [4.78, 5) is 0. The highest BCUT2D eigenvalue weighted by Crippen LogP contribution is 2.71. The maximum Gasteiger partial charge on any atom is 0.0543 e. The van der Waals surface area contributed by atoms with Crippen LogP contribution in [0.1, 0.15) is 106 Å². The molecule has 0 heterocycles. The fraction of sp³-hybridized carbons (Fsp3) is 0.862. The summed E-state index contributed by atoms with van der Waals surface area (Å²) < 4.78 is 0. The van der Waals surface area contributed by atoms with Gasteiger partial charge < -0.3 is 5.11 Å². The maximum absolute atomic E-state index is 10.3. The van der Waals surface area contributed by atoms with Gasteiger partial charge in [0.1, 0.15) is 0 Å². The highest BCUT2D eigenvalue weighted by Gasteiger charge is 2.63. The second-order valence-electron chi connectivity index (χ2n) is 12.8. The predicted octanol–water partition coefficient (Wildman–Crippen LogP) is 7.94. The summed E-state index contributed by atoms with van der Waals surface area (Å²) >= 11 is 0. The Labute approximate surface area is 186 Å². The Kier molecular flexibility index (Phi) is 5.87. The molecule has 1 nitrogen and oxygen atoms in total. The first-order chi connectivity index (χ1) is 14.0. The molecule has 0 aromatic rings. The van der Waals surface area contributed by atoms with Crippen LogP contribution in [0.3, 0.4) is 0 Å². The van der Waals surface area contributed by atoms with Crippen LogP contribution in [0.25, 0.3) is 0 Å². The molecule has 170 valence electrons. The lowest BCUT2D eigenvalue weighted by Gasteiger charge is -2.61. The van der Waals surface area contributed by atoms with Crippen LogP contribution >= 0.6 is 0 Å². The van der Waals surface area contributed by atoms with Crippen LogP contribution in [-0.4, -0.2) is 11.2 Å². The molecule has 30 heavy (non-hydrogen) atoms. The number of allylic oxidation sites excluding steroid dienone is 3. The summed E-state index contributed by atoms with van der Waals surface area (Å²) in [5.41, 5.74) is 4.42. The van der Waals surface area contributed by atoms with Crippen LogP contribution in [0.4, 0.5) is 0 Å². The predicted molar refractivity (Wildman–Crippen MR) is 128 cm³/mol. The van der Waals surface area contributed by atoms with Gasteiger partial charge in [-0.3, -0.25) is 0 Å². The highest BCUT2D eigenvalue weighted by molar-refractivity contribution is 5.31. The molecule has 0 radical (unpaired) electrons. The second-order valence-corrected chi connectivity index (χ2v) is 12.8. The van der Waals surface area contributed by atoms with Crippen LogP contribution in [0, 0.1) is 45.8 Å². The van der Waals surface area contributed by atoms with E-state index >= 15 is 0 Å². The molecule has 4 rings (SSSR count). The van der Waals surface area contributed by atoms with Gasteiger partial charge in [-0.05, 0) is 117 Å². The van der Waals surface area contributed by atoms with Gasteiger partial charge in [0.2, 0.25) is 0 Å². The van der Waals surface area contributed by atoms with E-state index in [-0.39, 0.29) is 6.10 Å². The Bertz CT molecular complexity index is 705. The van der Waals surface area contributed by atoms with Gasteiger partial charge in [0.05, 0.1) is 6.10 Å².